The Bertz CT molecular complexity index is 575. The first-order chi connectivity index (χ1) is 9.43. The molecule has 1 aromatic carbocycles. The van der Waals surface area contributed by atoms with Crippen LogP contribution in [-0.4, -0.2) is 32.5 Å². The molecule has 0 aliphatic carbocycles. The fraction of sp³-hybridized carbons (Fsp3) is 0.571. The van der Waals surface area contributed by atoms with Gasteiger partial charge < -0.3 is 5.32 Å². The standard InChI is InChI=1S/C14H19Cl2NO2S/c1-2-17-13(11-6-7-20(18,19)9-11)8-10-4-3-5-12(15)14(10)16/h3-5,11,13,17H,2,6-9H2,1H3. The second-order valence-corrected chi connectivity index (χ2v) is 8.26. The van der Waals surface area contributed by atoms with Crippen LogP contribution in [0.15, 0.2) is 18.2 Å². The van der Waals surface area contributed by atoms with Gasteiger partial charge in [-0.25, -0.2) is 8.42 Å². The zero-order chi connectivity index (χ0) is 14.8. The Morgan fingerprint density at radius 2 is 2.15 bits per heavy atom. The van der Waals surface area contributed by atoms with Gasteiger partial charge in [0, 0.05) is 6.04 Å². The number of likely N-dealkylation sites (N-methyl/N-ethyl adjacent to an activating group) is 1. The van der Waals surface area contributed by atoms with Crippen LogP contribution in [0.25, 0.3) is 0 Å². The summed E-state index contributed by atoms with van der Waals surface area (Å²) in [5, 5.41) is 4.50. The average molecular weight is 336 g/mol. The van der Waals surface area contributed by atoms with E-state index >= 15 is 0 Å². The van der Waals surface area contributed by atoms with Crippen molar-refractivity contribution in [3.63, 3.8) is 0 Å². The normalized spacial score (nSPS) is 22.9. The van der Waals surface area contributed by atoms with Crippen molar-refractivity contribution < 1.29 is 8.42 Å². The molecule has 2 atom stereocenters. The highest BCUT2D eigenvalue weighted by Gasteiger charge is 2.33. The molecule has 1 aromatic rings. The minimum atomic E-state index is -2.87. The predicted octanol–water partition coefficient (Wildman–Crippen LogP) is 2.95. The fourth-order valence-electron chi connectivity index (χ4n) is 2.75. The van der Waals surface area contributed by atoms with Crippen molar-refractivity contribution in [1.29, 1.82) is 0 Å². The van der Waals surface area contributed by atoms with E-state index in [1.165, 1.54) is 0 Å². The van der Waals surface area contributed by atoms with Crippen LogP contribution in [-0.2, 0) is 16.3 Å². The summed E-state index contributed by atoms with van der Waals surface area (Å²) in [6.07, 6.45) is 1.42. The molecule has 0 spiro atoms. The Labute approximate surface area is 130 Å². The summed E-state index contributed by atoms with van der Waals surface area (Å²) in [6, 6.07) is 5.70. The lowest BCUT2D eigenvalue weighted by Gasteiger charge is -2.24. The minimum Gasteiger partial charge on any atom is -0.314 e. The first-order valence-corrected chi connectivity index (χ1v) is 9.37. The smallest absolute Gasteiger partial charge is 0.150 e. The van der Waals surface area contributed by atoms with E-state index in [1.807, 2.05) is 19.1 Å². The number of benzene rings is 1. The van der Waals surface area contributed by atoms with Gasteiger partial charge in [0.05, 0.1) is 21.6 Å². The molecule has 0 aromatic heterocycles. The van der Waals surface area contributed by atoms with Gasteiger partial charge in [0.1, 0.15) is 0 Å². The van der Waals surface area contributed by atoms with Crippen LogP contribution in [0, 0.1) is 5.92 Å². The molecule has 1 saturated heterocycles. The second-order valence-electron chi connectivity index (χ2n) is 5.24. The lowest BCUT2D eigenvalue weighted by atomic mass is 9.93. The van der Waals surface area contributed by atoms with Crippen LogP contribution in [0.4, 0.5) is 0 Å². The largest absolute Gasteiger partial charge is 0.314 e. The molecule has 2 rings (SSSR count). The molecule has 1 N–H and O–H groups in total. The van der Waals surface area contributed by atoms with Crippen molar-refractivity contribution in [2.45, 2.75) is 25.8 Å². The molecule has 2 unspecified atom stereocenters. The summed E-state index contributed by atoms with van der Waals surface area (Å²) in [7, 11) is -2.87. The lowest BCUT2D eigenvalue weighted by Crippen LogP contribution is -2.38. The summed E-state index contributed by atoms with van der Waals surface area (Å²) in [5.74, 6) is 0.709. The molecule has 20 heavy (non-hydrogen) atoms. The maximum atomic E-state index is 11.6. The number of hydrogen-bond donors (Lipinski definition) is 1. The SMILES string of the molecule is CCNC(Cc1cccc(Cl)c1Cl)C1CCS(=O)(=O)C1. The fourth-order valence-corrected chi connectivity index (χ4v) is 5.03. The van der Waals surface area contributed by atoms with Crippen LogP contribution in [0.1, 0.15) is 18.9 Å². The summed E-state index contributed by atoms with van der Waals surface area (Å²) in [5.41, 5.74) is 0.967. The molecular formula is C14H19Cl2NO2S. The molecule has 3 nitrogen and oxygen atoms in total. The number of sulfone groups is 1. The van der Waals surface area contributed by atoms with E-state index in [9.17, 15) is 8.42 Å². The van der Waals surface area contributed by atoms with Crippen molar-refractivity contribution in [2.24, 2.45) is 5.92 Å². The summed E-state index contributed by atoms with van der Waals surface area (Å²) >= 11 is 12.3. The monoisotopic (exact) mass is 335 g/mol. The third-order valence-corrected chi connectivity index (χ3v) is 6.43. The number of halogens is 2. The highest BCUT2D eigenvalue weighted by molar-refractivity contribution is 7.91. The maximum absolute atomic E-state index is 11.6. The molecule has 0 radical (unpaired) electrons. The van der Waals surface area contributed by atoms with Crippen molar-refractivity contribution in [1.82, 2.24) is 5.32 Å². The molecule has 1 aliphatic rings. The van der Waals surface area contributed by atoms with Gasteiger partial charge in [-0.05, 0) is 36.9 Å². The van der Waals surface area contributed by atoms with Gasteiger partial charge in [0.15, 0.2) is 9.84 Å². The maximum Gasteiger partial charge on any atom is 0.150 e. The van der Waals surface area contributed by atoms with Crippen molar-refractivity contribution in [2.75, 3.05) is 18.1 Å². The van der Waals surface area contributed by atoms with Gasteiger partial charge >= 0.3 is 0 Å². The molecule has 1 fully saturated rings. The van der Waals surface area contributed by atoms with Crippen LogP contribution >= 0.6 is 23.2 Å². The van der Waals surface area contributed by atoms with Gasteiger partial charge in [0.2, 0.25) is 0 Å². The third kappa shape index (κ3) is 3.88. The molecule has 0 saturated carbocycles. The van der Waals surface area contributed by atoms with Gasteiger partial charge in [-0.15, -0.1) is 0 Å². The van der Waals surface area contributed by atoms with E-state index in [0.29, 0.717) is 22.2 Å². The Balaban J connectivity index is 2.16. The molecule has 1 heterocycles. The number of nitrogens with one attached hydrogen (secondary N) is 1. The Morgan fingerprint density at radius 3 is 2.75 bits per heavy atom. The van der Waals surface area contributed by atoms with E-state index in [-0.39, 0.29) is 17.7 Å². The van der Waals surface area contributed by atoms with Crippen molar-refractivity contribution >= 4 is 33.0 Å². The van der Waals surface area contributed by atoms with Gasteiger partial charge in [-0.3, -0.25) is 0 Å². The number of hydrogen-bond acceptors (Lipinski definition) is 3. The van der Waals surface area contributed by atoms with E-state index < -0.39 is 9.84 Å². The average Bonchev–Trinajstić information content (AvgIpc) is 2.74. The molecule has 1 aliphatic heterocycles. The zero-order valence-electron chi connectivity index (χ0n) is 11.4. The molecule has 0 bridgehead atoms. The van der Waals surface area contributed by atoms with Crippen molar-refractivity contribution in [3.05, 3.63) is 33.8 Å². The zero-order valence-corrected chi connectivity index (χ0v) is 13.7. The van der Waals surface area contributed by atoms with E-state index in [1.54, 1.807) is 6.07 Å². The van der Waals surface area contributed by atoms with Crippen LogP contribution in [0.2, 0.25) is 10.0 Å². The van der Waals surface area contributed by atoms with Crippen molar-refractivity contribution in [3.8, 4) is 0 Å². The lowest BCUT2D eigenvalue weighted by molar-refractivity contribution is 0.386. The quantitative estimate of drug-likeness (QED) is 0.899. The highest BCUT2D eigenvalue weighted by atomic mass is 35.5. The Morgan fingerprint density at radius 1 is 1.40 bits per heavy atom. The molecular weight excluding hydrogens is 317 g/mol. The third-order valence-electron chi connectivity index (χ3n) is 3.77. The second kappa shape index (κ2) is 6.65. The Kier molecular flexibility index (Phi) is 5.35. The first kappa shape index (κ1) is 16.1. The van der Waals surface area contributed by atoms with Gasteiger partial charge in [-0.2, -0.15) is 0 Å². The van der Waals surface area contributed by atoms with E-state index in [4.69, 9.17) is 23.2 Å². The van der Waals surface area contributed by atoms with Gasteiger partial charge in [-0.1, -0.05) is 42.3 Å². The molecule has 112 valence electrons. The summed E-state index contributed by atoms with van der Waals surface area (Å²) in [6.45, 7) is 2.83. The highest BCUT2D eigenvalue weighted by Crippen LogP contribution is 2.29. The van der Waals surface area contributed by atoms with Crippen LogP contribution < -0.4 is 5.32 Å². The van der Waals surface area contributed by atoms with E-state index in [0.717, 1.165) is 18.5 Å². The first-order valence-electron chi connectivity index (χ1n) is 6.79. The van der Waals surface area contributed by atoms with Crippen LogP contribution in [0.3, 0.4) is 0 Å². The summed E-state index contributed by atoms with van der Waals surface area (Å²) < 4.78 is 23.3. The van der Waals surface area contributed by atoms with Crippen LogP contribution in [0.5, 0.6) is 0 Å². The summed E-state index contributed by atoms with van der Waals surface area (Å²) in [4.78, 5) is 0. The number of rotatable bonds is 5. The van der Waals surface area contributed by atoms with E-state index in [2.05, 4.69) is 5.32 Å². The molecule has 0 amide bonds. The topological polar surface area (TPSA) is 46.2 Å². The van der Waals surface area contributed by atoms with Gasteiger partial charge in [0.25, 0.3) is 0 Å². The Hall–Kier alpha value is -0.290. The molecule has 6 heteroatoms. The predicted molar refractivity (Wildman–Crippen MR) is 84.4 cm³/mol. The minimum absolute atomic E-state index is 0.119.